The molecule has 3 N–H and O–H groups in total. The summed E-state index contributed by atoms with van der Waals surface area (Å²) in [7, 11) is -2.03. The van der Waals surface area contributed by atoms with Gasteiger partial charge in [0.05, 0.1) is 17.7 Å². The summed E-state index contributed by atoms with van der Waals surface area (Å²) >= 11 is 0. The van der Waals surface area contributed by atoms with E-state index < -0.39 is 10.0 Å². The van der Waals surface area contributed by atoms with Gasteiger partial charge in [-0.1, -0.05) is 6.92 Å². The van der Waals surface area contributed by atoms with Crippen molar-refractivity contribution in [3.63, 3.8) is 0 Å². The van der Waals surface area contributed by atoms with Crippen LogP contribution in [-0.2, 0) is 10.0 Å². The zero-order valence-electron chi connectivity index (χ0n) is 11.3. The molecule has 1 aliphatic rings. The van der Waals surface area contributed by atoms with E-state index in [4.69, 9.17) is 10.5 Å². The summed E-state index contributed by atoms with van der Waals surface area (Å²) in [4.78, 5) is 0.186. The number of sulfonamides is 1. The summed E-state index contributed by atoms with van der Waals surface area (Å²) in [6, 6.07) is 4.52. The Hall–Kier alpha value is -1.27. The highest BCUT2D eigenvalue weighted by Gasteiger charge is 2.39. The van der Waals surface area contributed by atoms with Crippen LogP contribution in [-0.4, -0.2) is 21.1 Å². The molecule has 2 rings (SSSR count). The molecule has 1 saturated carbocycles. The number of nitrogens with two attached hydrogens (primary N) is 1. The lowest BCUT2D eigenvalue weighted by Gasteiger charge is -2.41. The molecule has 0 radical (unpaired) electrons. The first-order chi connectivity index (χ1) is 8.92. The van der Waals surface area contributed by atoms with Crippen LogP contribution in [0, 0.1) is 0 Å². The maximum atomic E-state index is 12.3. The summed E-state index contributed by atoms with van der Waals surface area (Å²) in [6.45, 7) is 2.00. The van der Waals surface area contributed by atoms with E-state index in [9.17, 15) is 8.42 Å². The Bertz CT molecular complexity index is 560. The van der Waals surface area contributed by atoms with Crippen molar-refractivity contribution < 1.29 is 13.2 Å². The lowest BCUT2D eigenvalue weighted by atomic mass is 9.76. The number of nitrogens with one attached hydrogen (secondary N) is 1. The molecule has 0 bridgehead atoms. The fraction of sp³-hybridized carbons (Fsp3) is 0.538. The zero-order chi connectivity index (χ0) is 14.1. The van der Waals surface area contributed by atoms with E-state index >= 15 is 0 Å². The van der Waals surface area contributed by atoms with Crippen LogP contribution in [0.5, 0.6) is 5.75 Å². The Labute approximate surface area is 114 Å². The third kappa shape index (κ3) is 2.69. The lowest BCUT2D eigenvalue weighted by Crippen LogP contribution is -2.52. The van der Waals surface area contributed by atoms with Gasteiger partial charge >= 0.3 is 0 Å². The van der Waals surface area contributed by atoms with Crippen LogP contribution < -0.4 is 15.2 Å². The molecule has 1 aromatic carbocycles. The quantitative estimate of drug-likeness (QED) is 0.809. The molecule has 0 saturated heterocycles. The van der Waals surface area contributed by atoms with Gasteiger partial charge in [-0.15, -0.1) is 0 Å². The molecule has 19 heavy (non-hydrogen) atoms. The molecular formula is C13H20N2O3S. The van der Waals surface area contributed by atoms with Crippen LogP contribution in [0.2, 0.25) is 0 Å². The predicted octanol–water partition coefficient (Wildman–Crippen LogP) is 1.89. The Morgan fingerprint density at radius 3 is 2.53 bits per heavy atom. The van der Waals surface area contributed by atoms with E-state index in [0.29, 0.717) is 11.4 Å². The molecule has 6 heteroatoms. The van der Waals surface area contributed by atoms with Crippen LogP contribution >= 0.6 is 0 Å². The largest absolute Gasteiger partial charge is 0.495 e. The fourth-order valence-electron chi connectivity index (χ4n) is 2.35. The third-order valence-electron chi connectivity index (χ3n) is 3.85. The van der Waals surface area contributed by atoms with Crippen LogP contribution in [0.4, 0.5) is 5.69 Å². The highest BCUT2D eigenvalue weighted by molar-refractivity contribution is 7.89. The van der Waals surface area contributed by atoms with Crippen molar-refractivity contribution >= 4 is 15.7 Å². The third-order valence-corrected chi connectivity index (χ3v) is 5.43. The van der Waals surface area contributed by atoms with Crippen LogP contribution in [0.25, 0.3) is 0 Å². The van der Waals surface area contributed by atoms with Gasteiger partial charge in [-0.25, -0.2) is 13.1 Å². The van der Waals surface area contributed by atoms with Crippen LogP contribution in [0.3, 0.4) is 0 Å². The van der Waals surface area contributed by atoms with E-state index in [2.05, 4.69) is 4.72 Å². The number of methoxy groups -OCH3 is 1. The average molecular weight is 284 g/mol. The molecule has 0 spiro atoms. The maximum Gasteiger partial charge on any atom is 0.241 e. The Morgan fingerprint density at radius 1 is 1.42 bits per heavy atom. The summed E-state index contributed by atoms with van der Waals surface area (Å²) in [5.41, 5.74) is 5.81. The molecule has 1 fully saturated rings. The lowest BCUT2D eigenvalue weighted by molar-refractivity contribution is 0.214. The van der Waals surface area contributed by atoms with Crippen LogP contribution in [0.1, 0.15) is 32.6 Å². The number of nitrogen functional groups attached to an aromatic ring is 1. The monoisotopic (exact) mass is 284 g/mol. The van der Waals surface area contributed by atoms with Crippen molar-refractivity contribution in [1.29, 1.82) is 0 Å². The molecule has 0 aromatic heterocycles. The SMILES string of the molecule is CCC1(NS(=O)(=O)c2ccc(OC)c(N)c2)CCC1. The van der Waals surface area contributed by atoms with Gasteiger partial charge in [0.25, 0.3) is 0 Å². The van der Waals surface area contributed by atoms with Crippen LogP contribution in [0.15, 0.2) is 23.1 Å². The van der Waals surface area contributed by atoms with Gasteiger partial charge in [-0.2, -0.15) is 0 Å². The Morgan fingerprint density at radius 2 is 2.11 bits per heavy atom. The zero-order valence-corrected chi connectivity index (χ0v) is 12.1. The molecule has 0 aliphatic heterocycles. The molecule has 0 amide bonds. The minimum Gasteiger partial charge on any atom is -0.495 e. The molecular weight excluding hydrogens is 264 g/mol. The van der Waals surface area contributed by atoms with Crippen molar-refractivity contribution in [1.82, 2.24) is 4.72 Å². The number of ether oxygens (including phenoxy) is 1. The van der Waals surface area contributed by atoms with E-state index in [1.807, 2.05) is 6.92 Å². The van der Waals surface area contributed by atoms with E-state index in [-0.39, 0.29) is 10.4 Å². The minimum absolute atomic E-state index is 0.186. The molecule has 1 aromatic rings. The summed E-state index contributed by atoms with van der Waals surface area (Å²) in [5, 5.41) is 0. The molecule has 0 atom stereocenters. The fourth-order valence-corrected chi connectivity index (χ4v) is 3.92. The molecule has 5 nitrogen and oxygen atoms in total. The first kappa shape index (κ1) is 14.1. The van der Waals surface area contributed by atoms with Gasteiger partial charge in [0.1, 0.15) is 5.75 Å². The van der Waals surface area contributed by atoms with Gasteiger partial charge in [-0.05, 0) is 43.9 Å². The van der Waals surface area contributed by atoms with Gasteiger partial charge in [0, 0.05) is 5.54 Å². The van der Waals surface area contributed by atoms with Crippen molar-refractivity contribution in [3.8, 4) is 5.75 Å². The smallest absolute Gasteiger partial charge is 0.241 e. The van der Waals surface area contributed by atoms with Gasteiger partial charge in [0.2, 0.25) is 10.0 Å². The Balaban J connectivity index is 2.27. The highest BCUT2D eigenvalue weighted by atomic mass is 32.2. The second-order valence-corrected chi connectivity index (χ2v) is 6.68. The summed E-state index contributed by atoms with van der Waals surface area (Å²) in [5.74, 6) is 0.479. The van der Waals surface area contributed by atoms with E-state index in [0.717, 1.165) is 25.7 Å². The number of rotatable bonds is 5. The second kappa shape index (κ2) is 5.02. The van der Waals surface area contributed by atoms with Crippen molar-refractivity contribution in [2.75, 3.05) is 12.8 Å². The van der Waals surface area contributed by atoms with Gasteiger partial charge in [0.15, 0.2) is 0 Å². The molecule has 106 valence electrons. The average Bonchev–Trinajstić information content (AvgIpc) is 2.34. The number of benzene rings is 1. The van der Waals surface area contributed by atoms with E-state index in [1.54, 1.807) is 6.07 Å². The summed E-state index contributed by atoms with van der Waals surface area (Å²) < 4.78 is 32.5. The number of hydrogen-bond donors (Lipinski definition) is 2. The van der Waals surface area contributed by atoms with Gasteiger partial charge in [-0.3, -0.25) is 0 Å². The standard InChI is InChI=1S/C13H20N2O3S/c1-3-13(7-4-8-13)15-19(16,17)10-5-6-12(18-2)11(14)9-10/h5-6,9,15H,3-4,7-8,14H2,1-2H3. The maximum absolute atomic E-state index is 12.3. The number of hydrogen-bond acceptors (Lipinski definition) is 4. The second-order valence-electron chi connectivity index (χ2n) is 5.00. The molecule has 0 heterocycles. The molecule has 1 aliphatic carbocycles. The van der Waals surface area contributed by atoms with Gasteiger partial charge < -0.3 is 10.5 Å². The first-order valence-electron chi connectivity index (χ1n) is 6.40. The number of anilines is 1. The highest BCUT2D eigenvalue weighted by Crippen LogP contribution is 2.36. The Kier molecular flexibility index (Phi) is 3.73. The first-order valence-corrected chi connectivity index (χ1v) is 7.88. The van der Waals surface area contributed by atoms with Crippen molar-refractivity contribution in [2.45, 2.75) is 43.0 Å². The molecule has 0 unspecified atom stereocenters. The normalized spacial score (nSPS) is 17.8. The van der Waals surface area contributed by atoms with E-state index in [1.165, 1.54) is 19.2 Å². The van der Waals surface area contributed by atoms with Crippen molar-refractivity contribution in [3.05, 3.63) is 18.2 Å². The minimum atomic E-state index is -3.52. The topological polar surface area (TPSA) is 81.4 Å². The summed E-state index contributed by atoms with van der Waals surface area (Å²) in [6.07, 6.45) is 3.67. The predicted molar refractivity (Wildman–Crippen MR) is 74.6 cm³/mol. The van der Waals surface area contributed by atoms with Crippen molar-refractivity contribution in [2.24, 2.45) is 0 Å².